The first-order valence-corrected chi connectivity index (χ1v) is 7.32. The van der Waals surface area contributed by atoms with Gasteiger partial charge < -0.3 is 4.90 Å². The number of aromatic nitrogens is 2. The monoisotopic (exact) mass is 263 g/mol. The third-order valence-corrected chi connectivity index (χ3v) is 4.00. The summed E-state index contributed by atoms with van der Waals surface area (Å²) in [5.41, 5.74) is 1.32. The first kappa shape index (κ1) is 14.3. The molecule has 0 spiro atoms. The Morgan fingerprint density at radius 2 is 2.11 bits per heavy atom. The fourth-order valence-corrected chi connectivity index (χ4v) is 2.57. The van der Waals surface area contributed by atoms with Gasteiger partial charge in [0.2, 0.25) is 0 Å². The summed E-state index contributed by atoms with van der Waals surface area (Å²) in [6, 6.07) is 0.529. The number of hydrogen-bond donors (Lipinski definition) is 0. The number of likely N-dealkylation sites (tertiary alicyclic amines) is 1. The maximum Gasteiger partial charge on any atom is 0.131 e. The molecule has 1 aliphatic rings. The second-order valence-electron chi connectivity index (χ2n) is 5.93. The molecule has 2 heterocycles. The Morgan fingerprint density at radius 3 is 2.63 bits per heavy atom. The molecule has 0 bridgehead atoms. The van der Waals surface area contributed by atoms with E-state index in [-0.39, 0.29) is 5.78 Å². The van der Waals surface area contributed by atoms with E-state index in [4.69, 9.17) is 0 Å². The molecule has 19 heavy (non-hydrogen) atoms. The molecule has 2 rings (SSSR count). The number of piperidine rings is 1. The van der Waals surface area contributed by atoms with Crippen molar-refractivity contribution < 1.29 is 4.79 Å². The molecular formula is C15H25N3O. The van der Waals surface area contributed by atoms with Crippen molar-refractivity contribution in [3.05, 3.63) is 18.0 Å². The lowest BCUT2D eigenvalue weighted by Gasteiger charge is -2.31. The fraction of sp³-hybridized carbons (Fsp3) is 0.733. The van der Waals surface area contributed by atoms with Gasteiger partial charge in [0.25, 0.3) is 0 Å². The van der Waals surface area contributed by atoms with Crippen LogP contribution in [0.25, 0.3) is 0 Å². The van der Waals surface area contributed by atoms with E-state index in [0.717, 1.165) is 32.5 Å². The van der Waals surface area contributed by atoms with Gasteiger partial charge in [0.1, 0.15) is 5.78 Å². The highest BCUT2D eigenvalue weighted by molar-refractivity contribution is 5.75. The lowest BCUT2D eigenvalue weighted by molar-refractivity contribution is -0.117. The summed E-state index contributed by atoms with van der Waals surface area (Å²) >= 11 is 0. The molecule has 1 aliphatic heterocycles. The van der Waals surface area contributed by atoms with Crippen molar-refractivity contribution in [3.8, 4) is 0 Å². The molecule has 4 nitrogen and oxygen atoms in total. The molecule has 0 N–H and O–H groups in total. The lowest BCUT2D eigenvalue weighted by atomic mass is 10.0. The van der Waals surface area contributed by atoms with Crippen molar-refractivity contribution >= 4 is 5.78 Å². The van der Waals surface area contributed by atoms with Crippen LogP contribution in [0.2, 0.25) is 0 Å². The first-order valence-electron chi connectivity index (χ1n) is 7.32. The Kier molecular flexibility index (Phi) is 4.75. The number of ketones is 1. The molecule has 1 aromatic rings. The van der Waals surface area contributed by atoms with Crippen molar-refractivity contribution in [1.82, 2.24) is 14.7 Å². The molecule has 0 saturated carbocycles. The van der Waals surface area contributed by atoms with Crippen LogP contribution in [0.5, 0.6) is 0 Å². The van der Waals surface area contributed by atoms with Crippen LogP contribution in [0.1, 0.15) is 57.6 Å². The van der Waals surface area contributed by atoms with Gasteiger partial charge in [-0.05, 0) is 31.2 Å². The van der Waals surface area contributed by atoms with Gasteiger partial charge in [0, 0.05) is 32.3 Å². The van der Waals surface area contributed by atoms with Gasteiger partial charge in [-0.1, -0.05) is 13.8 Å². The summed E-state index contributed by atoms with van der Waals surface area (Å²) < 4.78 is 2.14. The minimum Gasteiger partial charge on any atom is -0.303 e. The van der Waals surface area contributed by atoms with Crippen molar-refractivity contribution in [2.45, 2.75) is 52.0 Å². The first-order chi connectivity index (χ1) is 9.06. The van der Waals surface area contributed by atoms with Crippen LogP contribution in [0, 0.1) is 0 Å². The van der Waals surface area contributed by atoms with Crippen LogP contribution in [0.3, 0.4) is 0 Å². The normalized spacial score (nSPS) is 18.1. The Balaban J connectivity index is 1.83. The fourth-order valence-electron chi connectivity index (χ4n) is 2.57. The van der Waals surface area contributed by atoms with Gasteiger partial charge in [0.05, 0.1) is 12.2 Å². The molecule has 0 aromatic carbocycles. The third kappa shape index (κ3) is 3.90. The summed E-state index contributed by atoms with van der Waals surface area (Å²) in [5.74, 6) is 0.834. The van der Waals surface area contributed by atoms with Crippen LogP contribution >= 0.6 is 0 Å². The van der Waals surface area contributed by atoms with Gasteiger partial charge in [0.15, 0.2) is 0 Å². The van der Waals surface area contributed by atoms with Crippen LogP contribution in [0.15, 0.2) is 12.4 Å². The Labute approximate surface area is 115 Å². The number of Topliss-reactive ketones (excluding diaryl/α,β-unsaturated/α-hetero) is 1. The molecule has 0 aliphatic carbocycles. The Bertz CT molecular complexity index is 417. The minimum absolute atomic E-state index is 0.288. The molecule has 0 unspecified atom stereocenters. The highest BCUT2D eigenvalue weighted by Gasteiger charge is 2.21. The zero-order valence-electron chi connectivity index (χ0n) is 12.3. The van der Waals surface area contributed by atoms with Crippen molar-refractivity contribution in [2.75, 3.05) is 19.6 Å². The van der Waals surface area contributed by atoms with Gasteiger partial charge in [-0.15, -0.1) is 0 Å². The standard InChI is InChI=1S/C15H25N3O/c1-12(2)14-10-16-18(11-14)15-5-8-17(9-6-15)7-4-13(3)19/h10-12,15H,4-9H2,1-3H3. The Morgan fingerprint density at radius 1 is 1.42 bits per heavy atom. The van der Waals surface area contributed by atoms with Crippen molar-refractivity contribution in [1.29, 1.82) is 0 Å². The predicted octanol–water partition coefficient (Wildman–Crippen LogP) is 2.62. The maximum absolute atomic E-state index is 11.0. The topological polar surface area (TPSA) is 38.1 Å². The molecular weight excluding hydrogens is 238 g/mol. The van der Waals surface area contributed by atoms with Gasteiger partial charge in [-0.2, -0.15) is 5.10 Å². The Hall–Kier alpha value is -1.16. The second kappa shape index (κ2) is 6.33. The summed E-state index contributed by atoms with van der Waals surface area (Å²) in [6.45, 7) is 9.14. The van der Waals surface area contributed by atoms with E-state index in [9.17, 15) is 4.79 Å². The summed E-state index contributed by atoms with van der Waals surface area (Å²) in [7, 11) is 0. The molecule has 4 heteroatoms. The molecule has 0 radical (unpaired) electrons. The van der Waals surface area contributed by atoms with E-state index < -0.39 is 0 Å². The van der Waals surface area contributed by atoms with Crippen molar-refractivity contribution in [3.63, 3.8) is 0 Å². The van der Waals surface area contributed by atoms with Crippen LogP contribution in [-0.2, 0) is 4.79 Å². The minimum atomic E-state index is 0.288. The summed E-state index contributed by atoms with van der Waals surface area (Å²) in [4.78, 5) is 13.4. The molecule has 0 atom stereocenters. The zero-order chi connectivity index (χ0) is 13.8. The van der Waals surface area contributed by atoms with Crippen molar-refractivity contribution in [2.24, 2.45) is 0 Å². The zero-order valence-corrected chi connectivity index (χ0v) is 12.3. The number of carbonyl (C=O) groups is 1. The average molecular weight is 263 g/mol. The molecule has 1 saturated heterocycles. The number of carbonyl (C=O) groups excluding carboxylic acids is 1. The van der Waals surface area contributed by atoms with Gasteiger partial charge in [-0.25, -0.2) is 0 Å². The quantitative estimate of drug-likeness (QED) is 0.819. The number of rotatable bonds is 5. The van der Waals surface area contributed by atoms with Crippen LogP contribution in [-0.4, -0.2) is 40.1 Å². The summed E-state index contributed by atoms with van der Waals surface area (Å²) in [5, 5.41) is 4.50. The highest BCUT2D eigenvalue weighted by Crippen LogP contribution is 2.23. The van der Waals surface area contributed by atoms with Gasteiger partial charge in [-0.3, -0.25) is 9.48 Å². The van der Waals surface area contributed by atoms with E-state index in [0.29, 0.717) is 18.4 Å². The molecule has 1 aromatic heterocycles. The third-order valence-electron chi connectivity index (χ3n) is 4.00. The van der Waals surface area contributed by atoms with Crippen LogP contribution < -0.4 is 0 Å². The maximum atomic E-state index is 11.0. The van der Waals surface area contributed by atoms with Gasteiger partial charge >= 0.3 is 0 Å². The molecule has 0 amide bonds. The van der Waals surface area contributed by atoms with E-state index in [2.05, 4.69) is 34.7 Å². The highest BCUT2D eigenvalue weighted by atomic mass is 16.1. The molecule has 1 fully saturated rings. The smallest absolute Gasteiger partial charge is 0.131 e. The number of nitrogens with zero attached hydrogens (tertiary/aromatic N) is 3. The SMILES string of the molecule is CC(=O)CCN1CCC(n2cc(C(C)C)cn2)CC1. The van der Waals surface area contributed by atoms with E-state index >= 15 is 0 Å². The predicted molar refractivity (Wildman–Crippen MR) is 76.3 cm³/mol. The number of hydrogen-bond acceptors (Lipinski definition) is 3. The molecule has 106 valence electrons. The van der Waals surface area contributed by atoms with Crippen LogP contribution in [0.4, 0.5) is 0 Å². The summed E-state index contributed by atoms with van der Waals surface area (Å²) in [6.07, 6.45) is 7.14. The van der Waals surface area contributed by atoms with E-state index in [1.54, 1.807) is 6.92 Å². The average Bonchev–Trinajstić information content (AvgIpc) is 2.86. The lowest BCUT2D eigenvalue weighted by Crippen LogP contribution is -2.36. The second-order valence-corrected chi connectivity index (χ2v) is 5.93. The van der Waals surface area contributed by atoms with E-state index in [1.165, 1.54) is 5.56 Å². The van der Waals surface area contributed by atoms with E-state index in [1.807, 2.05) is 6.20 Å². The largest absolute Gasteiger partial charge is 0.303 e.